The fourth-order valence-corrected chi connectivity index (χ4v) is 9.03. The van der Waals surface area contributed by atoms with Crippen LogP contribution >= 0.6 is 22.7 Å². The highest BCUT2D eigenvalue weighted by Gasteiger charge is 2.42. The van der Waals surface area contributed by atoms with Crippen molar-refractivity contribution in [3.05, 3.63) is 33.5 Å². The Balaban J connectivity index is 1.54. The van der Waals surface area contributed by atoms with Gasteiger partial charge in [-0.25, -0.2) is 13.2 Å². The van der Waals surface area contributed by atoms with E-state index in [2.05, 4.69) is 38.3 Å². The van der Waals surface area contributed by atoms with Crippen molar-refractivity contribution in [1.29, 1.82) is 0 Å². The number of ether oxygens (including phenoxy) is 1. The van der Waals surface area contributed by atoms with Crippen molar-refractivity contribution in [1.82, 2.24) is 9.62 Å². The van der Waals surface area contributed by atoms with Crippen LogP contribution < -0.4 is 10.6 Å². The first-order valence-electron chi connectivity index (χ1n) is 11.8. The summed E-state index contributed by atoms with van der Waals surface area (Å²) in [5.41, 5.74) is 0.781. The molecule has 4 rings (SSSR count). The Morgan fingerprint density at radius 3 is 2.51 bits per heavy atom. The quantitative estimate of drug-likeness (QED) is 0.534. The highest BCUT2D eigenvalue weighted by atomic mass is 32.2. The van der Waals surface area contributed by atoms with Gasteiger partial charge < -0.3 is 15.4 Å². The molecule has 4 heterocycles. The molecule has 0 unspecified atom stereocenters. The van der Waals surface area contributed by atoms with E-state index in [4.69, 9.17) is 4.74 Å². The van der Waals surface area contributed by atoms with Crippen molar-refractivity contribution in [3.63, 3.8) is 0 Å². The van der Waals surface area contributed by atoms with Gasteiger partial charge in [0.1, 0.15) is 9.21 Å². The average molecular weight is 540 g/mol. The van der Waals surface area contributed by atoms with E-state index in [0.717, 1.165) is 10.4 Å². The number of hydrogen-bond donors (Lipinski definition) is 2. The first kappa shape index (κ1) is 26.3. The highest BCUT2D eigenvalue weighted by Crippen LogP contribution is 2.45. The van der Waals surface area contributed by atoms with Crippen molar-refractivity contribution in [2.24, 2.45) is 5.92 Å². The van der Waals surface area contributed by atoms with Crippen LogP contribution in [0.25, 0.3) is 0 Å². The summed E-state index contributed by atoms with van der Waals surface area (Å²) in [5, 5.41) is 8.90. The van der Waals surface area contributed by atoms with Gasteiger partial charge in [0.05, 0.1) is 12.2 Å². The highest BCUT2D eigenvalue weighted by molar-refractivity contribution is 7.91. The van der Waals surface area contributed by atoms with Crippen LogP contribution in [0.4, 0.5) is 5.00 Å². The van der Waals surface area contributed by atoms with Crippen molar-refractivity contribution in [3.8, 4) is 0 Å². The van der Waals surface area contributed by atoms with Gasteiger partial charge in [0.15, 0.2) is 0 Å². The number of nitrogens with zero attached hydrogens (tertiary/aromatic N) is 1. The number of amides is 1. The van der Waals surface area contributed by atoms with Gasteiger partial charge in [0, 0.05) is 35.0 Å². The number of esters is 1. The molecule has 192 valence electrons. The minimum Gasteiger partial charge on any atom is -0.462 e. The van der Waals surface area contributed by atoms with Crippen LogP contribution in [0, 0.1) is 5.92 Å². The smallest absolute Gasteiger partial charge is 0.341 e. The third kappa shape index (κ3) is 5.20. The van der Waals surface area contributed by atoms with E-state index < -0.39 is 16.0 Å². The lowest BCUT2D eigenvalue weighted by atomic mass is 9.81. The third-order valence-electron chi connectivity index (χ3n) is 6.47. The molecule has 2 N–H and O–H groups in total. The lowest BCUT2D eigenvalue weighted by molar-refractivity contribution is -0.120. The fraction of sp³-hybridized carbons (Fsp3) is 0.583. The zero-order valence-electron chi connectivity index (χ0n) is 20.8. The Labute approximate surface area is 215 Å². The Morgan fingerprint density at radius 1 is 1.23 bits per heavy atom. The van der Waals surface area contributed by atoms with E-state index in [1.165, 1.54) is 27.0 Å². The summed E-state index contributed by atoms with van der Waals surface area (Å²) in [4.78, 5) is 27.3. The van der Waals surface area contributed by atoms with E-state index in [1.54, 1.807) is 24.4 Å². The topological polar surface area (TPSA) is 105 Å². The normalized spacial score (nSPS) is 20.3. The van der Waals surface area contributed by atoms with Crippen LogP contribution in [-0.2, 0) is 31.5 Å². The molecule has 0 aliphatic carbocycles. The zero-order chi connectivity index (χ0) is 25.6. The van der Waals surface area contributed by atoms with E-state index in [9.17, 15) is 18.0 Å². The fourth-order valence-electron chi connectivity index (χ4n) is 5.14. The first-order chi connectivity index (χ1) is 16.4. The molecule has 1 saturated heterocycles. The van der Waals surface area contributed by atoms with Gasteiger partial charge >= 0.3 is 5.97 Å². The third-order valence-corrected chi connectivity index (χ3v) is 11.2. The van der Waals surface area contributed by atoms with Gasteiger partial charge in [0.2, 0.25) is 5.91 Å². The van der Waals surface area contributed by atoms with E-state index >= 15 is 0 Å². The molecule has 1 amide bonds. The summed E-state index contributed by atoms with van der Waals surface area (Å²) in [6, 6.07) is 3.32. The first-order valence-corrected chi connectivity index (χ1v) is 15.0. The predicted molar refractivity (Wildman–Crippen MR) is 139 cm³/mol. The second kappa shape index (κ2) is 9.59. The van der Waals surface area contributed by atoms with Crippen LogP contribution in [0.2, 0.25) is 0 Å². The number of sulfonamides is 1. The molecule has 0 bridgehead atoms. The summed E-state index contributed by atoms with van der Waals surface area (Å²) in [7, 11) is -3.52. The monoisotopic (exact) mass is 539 g/mol. The number of rotatable bonds is 6. The molecule has 0 aromatic carbocycles. The largest absolute Gasteiger partial charge is 0.462 e. The van der Waals surface area contributed by atoms with Crippen LogP contribution in [0.15, 0.2) is 21.7 Å². The molecule has 1 fully saturated rings. The molecule has 2 aromatic heterocycles. The summed E-state index contributed by atoms with van der Waals surface area (Å²) in [5.74, 6) is -0.945. The van der Waals surface area contributed by atoms with Crippen LogP contribution in [0.1, 0.15) is 68.3 Å². The summed E-state index contributed by atoms with van der Waals surface area (Å²) in [6.07, 6.45) is 1.50. The number of fused-ring (bicyclic) bond motifs is 1. The van der Waals surface area contributed by atoms with Crippen molar-refractivity contribution < 1.29 is 22.7 Å². The second-order valence-corrected chi connectivity index (χ2v) is 14.4. The number of hydrogen-bond acceptors (Lipinski definition) is 8. The van der Waals surface area contributed by atoms with Crippen LogP contribution in [0.5, 0.6) is 0 Å². The lowest BCUT2D eigenvalue weighted by Gasteiger charge is -2.42. The number of carbonyl (C=O) groups excluding carboxylic acids is 2. The number of piperidine rings is 1. The Hall–Kier alpha value is -1.79. The van der Waals surface area contributed by atoms with Gasteiger partial charge in [-0.2, -0.15) is 4.31 Å². The summed E-state index contributed by atoms with van der Waals surface area (Å²) >= 11 is 2.62. The van der Waals surface area contributed by atoms with E-state index in [0.29, 0.717) is 34.0 Å². The predicted octanol–water partition coefficient (Wildman–Crippen LogP) is 4.19. The zero-order valence-corrected chi connectivity index (χ0v) is 23.2. The Bertz CT molecular complexity index is 1210. The summed E-state index contributed by atoms with van der Waals surface area (Å²) in [6.45, 7) is 10.9. The maximum absolute atomic E-state index is 13.2. The van der Waals surface area contributed by atoms with Crippen LogP contribution in [-0.4, -0.2) is 49.8 Å². The van der Waals surface area contributed by atoms with Crippen molar-refractivity contribution in [2.75, 3.05) is 25.0 Å². The molecule has 8 nitrogen and oxygen atoms in total. The molecule has 2 aromatic rings. The average Bonchev–Trinajstić information content (AvgIpc) is 3.42. The maximum Gasteiger partial charge on any atom is 0.341 e. The Morgan fingerprint density at radius 2 is 1.91 bits per heavy atom. The molecule has 2 aliphatic rings. The van der Waals surface area contributed by atoms with Crippen molar-refractivity contribution in [2.45, 2.75) is 69.2 Å². The maximum atomic E-state index is 13.2. The van der Waals surface area contributed by atoms with Crippen molar-refractivity contribution >= 4 is 49.6 Å². The van der Waals surface area contributed by atoms with Gasteiger partial charge in [-0.1, -0.05) is 6.07 Å². The summed E-state index contributed by atoms with van der Waals surface area (Å²) < 4.78 is 32.7. The minimum atomic E-state index is -3.52. The van der Waals surface area contributed by atoms with Crippen LogP contribution in [0.3, 0.4) is 0 Å². The SMILES string of the molecule is CCOC(=O)c1c(NC(=O)C2CCN(S(=O)(=O)c3cccs3)CC2)sc2c1CC(C)(C)NC2(C)C. The molecule has 0 atom stereocenters. The molecule has 0 radical (unpaired) electrons. The van der Waals surface area contributed by atoms with Gasteiger partial charge in [-0.15, -0.1) is 22.7 Å². The molecule has 2 aliphatic heterocycles. The van der Waals surface area contributed by atoms with E-state index in [1.807, 2.05) is 0 Å². The van der Waals surface area contributed by atoms with Gasteiger partial charge in [0.25, 0.3) is 10.0 Å². The van der Waals surface area contributed by atoms with E-state index in [-0.39, 0.29) is 42.6 Å². The van der Waals surface area contributed by atoms with Gasteiger partial charge in [-0.3, -0.25) is 4.79 Å². The minimum absolute atomic E-state index is 0.188. The number of carbonyl (C=O) groups is 2. The second-order valence-electron chi connectivity index (χ2n) is 10.2. The number of anilines is 1. The molecule has 0 saturated carbocycles. The molecule has 35 heavy (non-hydrogen) atoms. The lowest BCUT2D eigenvalue weighted by Crippen LogP contribution is -2.55. The Kier molecular flexibility index (Phi) is 7.20. The van der Waals surface area contributed by atoms with Gasteiger partial charge in [-0.05, 0) is 70.9 Å². The number of thiophene rings is 2. The molecule has 11 heteroatoms. The molecular formula is C24H33N3O5S3. The molecular weight excluding hydrogens is 506 g/mol. The standard InChI is InChI=1S/C24H33N3O5S3/c1-6-32-22(29)18-16-14-23(2,3)26-24(4,5)19(16)34-21(18)25-20(28)15-9-11-27(12-10-15)35(30,31)17-8-7-13-33-17/h7-8,13,15,26H,6,9-12,14H2,1-5H3,(H,25,28). The molecule has 0 spiro atoms. The number of nitrogens with one attached hydrogen (secondary N) is 2.